The molecule has 90 valence electrons. The maximum Gasteiger partial charge on any atom is 0.341 e. The highest BCUT2D eigenvalue weighted by Crippen LogP contribution is 2.21. The fourth-order valence-corrected chi connectivity index (χ4v) is 1.41. The van der Waals surface area contributed by atoms with E-state index in [1.54, 1.807) is 14.0 Å². The summed E-state index contributed by atoms with van der Waals surface area (Å²) in [5.41, 5.74) is 0.904. The summed E-state index contributed by atoms with van der Waals surface area (Å²) in [6.45, 7) is 2.07. The normalized spacial score (nSPS) is 10.8. The molecule has 6 heteroatoms. The number of ether oxygens (including phenoxy) is 3. The lowest BCUT2D eigenvalue weighted by Crippen LogP contribution is -2.15. The second-order valence-electron chi connectivity index (χ2n) is 3.09. The molecule has 1 rings (SSSR count). The van der Waals surface area contributed by atoms with E-state index in [0.29, 0.717) is 17.9 Å². The Morgan fingerprint density at radius 2 is 2.12 bits per heavy atom. The van der Waals surface area contributed by atoms with Gasteiger partial charge < -0.3 is 14.2 Å². The molecule has 1 aromatic rings. The molecule has 0 aromatic carbocycles. The Bertz CT molecular complexity index is 358. The van der Waals surface area contributed by atoms with Gasteiger partial charge in [-0.25, -0.2) is 4.79 Å². The lowest BCUT2D eigenvalue weighted by Gasteiger charge is -2.15. The zero-order valence-electron chi connectivity index (χ0n) is 9.89. The van der Waals surface area contributed by atoms with Crippen molar-refractivity contribution in [3.63, 3.8) is 0 Å². The summed E-state index contributed by atoms with van der Waals surface area (Å²) in [5, 5.41) is 3.99. The van der Waals surface area contributed by atoms with Crippen LogP contribution in [-0.4, -0.2) is 36.6 Å². The van der Waals surface area contributed by atoms with E-state index in [1.807, 2.05) is 0 Å². The van der Waals surface area contributed by atoms with Crippen LogP contribution in [0.4, 0.5) is 0 Å². The van der Waals surface area contributed by atoms with Crippen LogP contribution in [0.3, 0.4) is 0 Å². The first kappa shape index (κ1) is 12.7. The lowest BCUT2D eigenvalue weighted by molar-refractivity contribution is -0.111. The summed E-state index contributed by atoms with van der Waals surface area (Å²) in [6, 6.07) is 0. The molecule has 0 saturated heterocycles. The number of nitrogens with zero attached hydrogens (tertiary/aromatic N) is 2. The molecule has 0 saturated carbocycles. The number of aryl methyl sites for hydroxylation is 1. The van der Waals surface area contributed by atoms with E-state index in [1.165, 1.54) is 25.1 Å². The first-order valence-electron chi connectivity index (χ1n) is 4.90. The molecule has 1 aromatic heterocycles. The van der Waals surface area contributed by atoms with Gasteiger partial charge >= 0.3 is 5.97 Å². The maximum absolute atomic E-state index is 11.6. The molecule has 0 atom stereocenters. The molecule has 16 heavy (non-hydrogen) atoms. The van der Waals surface area contributed by atoms with Crippen LogP contribution in [0.25, 0.3) is 0 Å². The van der Waals surface area contributed by atoms with Crippen LogP contribution in [-0.2, 0) is 21.3 Å². The number of aromatic nitrogens is 2. The molecule has 1 heterocycles. The van der Waals surface area contributed by atoms with E-state index < -0.39 is 12.3 Å². The minimum Gasteiger partial charge on any atom is -0.462 e. The molecule has 0 aliphatic carbocycles. The number of hydrogen-bond acceptors (Lipinski definition) is 5. The first-order chi connectivity index (χ1) is 7.65. The predicted molar refractivity (Wildman–Crippen MR) is 55.9 cm³/mol. The maximum atomic E-state index is 11.6. The van der Waals surface area contributed by atoms with E-state index in [-0.39, 0.29) is 0 Å². The molecular weight excluding hydrogens is 212 g/mol. The average Bonchev–Trinajstić information content (AvgIpc) is 2.64. The van der Waals surface area contributed by atoms with Gasteiger partial charge in [-0.2, -0.15) is 5.10 Å². The average molecular weight is 228 g/mol. The molecule has 6 nitrogen and oxygen atoms in total. The molecule has 0 radical (unpaired) electrons. The minimum absolute atomic E-state index is 0.317. The topological polar surface area (TPSA) is 62.6 Å². The predicted octanol–water partition coefficient (Wildman–Crippen LogP) is 0.888. The summed E-state index contributed by atoms with van der Waals surface area (Å²) >= 11 is 0. The standard InChI is InChI=1S/C10H16N2O4/c1-5-16-9(13)7-6-11-12(2)8(7)10(14-3)15-4/h6,10H,5H2,1-4H3. The quantitative estimate of drug-likeness (QED) is 0.553. The van der Waals surface area contributed by atoms with Crippen molar-refractivity contribution in [2.75, 3.05) is 20.8 Å². The molecule has 0 amide bonds. The van der Waals surface area contributed by atoms with Crippen LogP contribution in [0.5, 0.6) is 0 Å². The van der Waals surface area contributed by atoms with Gasteiger partial charge in [-0.1, -0.05) is 0 Å². The van der Waals surface area contributed by atoms with Crippen molar-refractivity contribution in [3.05, 3.63) is 17.5 Å². The van der Waals surface area contributed by atoms with Gasteiger partial charge in [0.25, 0.3) is 0 Å². The van der Waals surface area contributed by atoms with Crippen molar-refractivity contribution in [1.82, 2.24) is 9.78 Å². The summed E-state index contributed by atoms with van der Waals surface area (Å²) in [6.07, 6.45) is 0.810. The fourth-order valence-electron chi connectivity index (χ4n) is 1.41. The van der Waals surface area contributed by atoms with Gasteiger partial charge in [0.1, 0.15) is 11.3 Å². The van der Waals surface area contributed by atoms with Crippen LogP contribution in [0.15, 0.2) is 6.20 Å². The Balaban J connectivity index is 3.06. The monoisotopic (exact) mass is 228 g/mol. The zero-order valence-corrected chi connectivity index (χ0v) is 9.89. The van der Waals surface area contributed by atoms with Crippen molar-refractivity contribution in [3.8, 4) is 0 Å². The van der Waals surface area contributed by atoms with Crippen molar-refractivity contribution >= 4 is 5.97 Å². The highest BCUT2D eigenvalue weighted by molar-refractivity contribution is 5.90. The van der Waals surface area contributed by atoms with Gasteiger partial charge in [-0.15, -0.1) is 0 Å². The SMILES string of the molecule is CCOC(=O)c1cnn(C)c1C(OC)OC. The van der Waals surface area contributed by atoms with Gasteiger partial charge in [0.2, 0.25) is 6.29 Å². The van der Waals surface area contributed by atoms with E-state index in [0.717, 1.165) is 0 Å². The zero-order chi connectivity index (χ0) is 12.1. The highest BCUT2D eigenvalue weighted by Gasteiger charge is 2.24. The van der Waals surface area contributed by atoms with Gasteiger partial charge in [-0.3, -0.25) is 4.68 Å². The van der Waals surface area contributed by atoms with Crippen molar-refractivity contribution in [2.24, 2.45) is 7.05 Å². The molecular formula is C10H16N2O4. The largest absolute Gasteiger partial charge is 0.462 e. The Kier molecular flexibility index (Phi) is 4.45. The first-order valence-corrected chi connectivity index (χ1v) is 4.90. The van der Waals surface area contributed by atoms with Gasteiger partial charge in [-0.05, 0) is 6.92 Å². The third-order valence-electron chi connectivity index (χ3n) is 2.13. The molecule has 0 aliphatic heterocycles. The molecule has 0 N–H and O–H groups in total. The van der Waals surface area contributed by atoms with Crippen molar-refractivity contribution in [1.29, 1.82) is 0 Å². The second kappa shape index (κ2) is 5.62. The molecule has 0 aliphatic rings. The summed E-state index contributed by atoms with van der Waals surface area (Å²) < 4.78 is 16.7. The van der Waals surface area contributed by atoms with Crippen LogP contribution in [0, 0.1) is 0 Å². The number of hydrogen-bond donors (Lipinski definition) is 0. The van der Waals surface area contributed by atoms with Gasteiger partial charge in [0.05, 0.1) is 12.8 Å². The third kappa shape index (κ3) is 2.40. The van der Waals surface area contributed by atoms with E-state index in [2.05, 4.69) is 5.10 Å². The fraction of sp³-hybridized carbons (Fsp3) is 0.600. The number of carbonyl (C=O) groups excluding carboxylic acids is 1. The summed E-state index contributed by atoms with van der Waals surface area (Å²) in [7, 11) is 4.70. The number of esters is 1. The smallest absolute Gasteiger partial charge is 0.341 e. The lowest BCUT2D eigenvalue weighted by atomic mass is 10.2. The summed E-state index contributed by atoms with van der Waals surface area (Å²) in [4.78, 5) is 11.6. The molecule has 0 unspecified atom stereocenters. The third-order valence-corrected chi connectivity index (χ3v) is 2.13. The Labute approximate surface area is 94.1 Å². The van der Waals surface area contributed by atoms with Gasteiger partial charge in [0.15, 0.2) is 0 Å². The van der Waals surface area contributed by atoms with E-state index >= 15 is 0 Å². The minimum atomic E-state index is -0.632. The molecule has 0 fully saturated rings. The molecule has 0 spiro atoms. The molecule has 0 bridgehead atoms. The summed E-state index contributed by atoms with van der Waals surface area (Å²) in [5.74, 6) is -0.426. The Morgan fingerprint density at radius 1 is 1.50 bits per heavy atom. The van der Waals surface area contributed by atoms with Crippen LogP contribution >= 0.6 is 0 Å². The number of carbonyl (C=O) groups is 1. The van der Waals surface area contributed by atoms with Crippen molar-refractivity contribution < 1.29 is 19.0 Å². The van der Waals surface area contributed by atoms with Crippen LogP contribution in [0.2, 0.25) is 0 Å². The highest BCUT2D eigenvalue weighted by atomic mass is 16.7. The van der Waals surface area contributed by atoms with Crippen LogP contribution in [0.1, 0.15) is 29.3 Å². The van der Waals surface area contributed by atoms with E-state index in [4.69, 9.17) is 14.2 Å². The Morgan fingerprint density at radius 3 is 2.62 bits per heavy atom. The van der Waals surface area contributed by atoms with Crippen molar-refractivity contribution in [2.45, 2.75) is 13.2 Å². The number of rotatable bonds is 5. The second-order valence-corrected chi connectivity index (χ2v) is 3.09. The Hall–Kier alpha value is -1.40. The van der Waals surface area contributed by atoms with Gasteiger partial charge in [0, 0.05) is 21.3 Å². The van der Waals surface area contributed by atoms with Crippen LogP contribution < -0.4 is 0 Å². The van der Waals surface area contributed by atoms with E-state index in [9.17, 15) is 4.79 Å². The number of methoxy groups -OCH3 is 2.